The number of hydrogen-bond donors (Lipinski definition) is 0. The van der Waals surface area contributed by atoms with Crippen LogP contribution in [0.5, 0.6) is 5.75 Å². The number of amides is 2. The molecule has 2 aromatic rings. The predicted octanol–water partition coefficient (Wildman–Crippen LogP) is 3.16. The van der Waals surface area contributed by atoms with Gasteiger partial charge in [-0.25, -0.2) is 4.39 Å². The largest absolute Gasteiger partial charge is 0.493 e. The number of ether oxygens (including phenoxy) is 2. The highest BCUT2D eigenvalue weighted by molar-refractivity contribution is 5.94. The Labute approximate surface area is 187 Å². The number of piperidine rings is 1. The van der Waals surface area contributed by atoms with E-state index in [1.807, 2.05) is 17.0 Å². The monoisotopic (exact) mass is 440 g/mol. The molecular weight excluding hydrogens is 411 g/mol. The molecule has 0 bridgehead atoms. The van der Waals surface area contributed by atoms with Crippen LogP contribution in [-0.4, -0.2) is 67.6 Å². The Bertz CT molecular complexity index is 928. The number of morpholine rings is 1. The van der Waals surface area contributed by atoms with E-state index in [1.165, 1.54) is 6.07 Å². The van der Waals surface area contributed by atoms with Gasteiger partial charge in [0.2, 0.25) is 5.91 Å². The van der Waals surface area contributed by atoms with Crippen LogP contribution >= 0.6 is 0 Å². The van der Waals surface area contributed by atoms with Gasteiger partial charge in [0.25, 0.3) is 5.91 Å². The van der Waals surface area contributed by atoms with E-state index >= 15 is 0 Å². The van der Waals surface area contributed by atoms with Crippen molar-refractivity contribution in [2.75, 3.05) is 46.0 Å². The zero-order valence-corrected chi connectivity index (χ0v) is 18.2. The Morgan fingerprint density at radius 3 is 2.50 bits per heavy atom. The number of carbonyl (C=O) groups excluding carboxylic acids is 2. The fraction of sp³-hybridized carbons (Fsp3) is 0.440. The minimum absolute atomic E-state index is 0.0103. The van der Waals surface area contributed by atoms with Crippen molar-refractivity contribution in [2.24, 2.45) is 5.92 Å². The third-order valence-corrected chi connectivity index (χ3v) is 6.06. The molecule has 2 aliphatic rings. The molecule has 0 spiro atoms. The molecule has 2 aliphatic heterocycles. The average Bonchev–Trinajstić information content (AvgIpc) is 2.85. The molecule has 7 heteroatoms. The van der Waals surface area contributed by atoms with E-state index in [2.05, 4.69) is 0 Å². The Hall–Kier alpha value is -2.93. The van der Waals surface area contributed by atoms with E-state index in [4.69, 9.17) is 9.47 Å². The summed E-state index contributed by atoms with van der Waals surface area (Å²) in [6, 6.07) is 13.6. The Morgan fingerprint density at radius 1 is 1.00 bits per heavy atom. The van der Waals surface area contributed by atoms with Gasteiger partial charge in [-0.2, -0.15) is 0 Å². The molecule has 2 fully saturated rings. The highest BCUT2D eigenvalue weighted by Crippen LogP contribution is 2.21. The molecule has 4 rings (SSSR count). The van der Waals surface area contributed by atoms with Crippen molar-refractivity contribution in [2.45, 2.75) is 19.3 Å². The van der Waals surface area contributed by atoms with Crippen LogP contribution in [0.1, 0.15) is 28.8 Å². The number of carbonyl (C=O) groups is 2. The third-order valence-electron chi connectivity index (χ3n) is 6.06. The van der Waals surface area contributed by atoms with Crippen LogP contribution in [0.25, 0.3) is 0 Å². The number of hydrogen-bond acceptors (Lipinski definition) is 4. The van der Waals surface area contributed by atoms with Crippen LogP contribution in [0, 0.1) is 11.7 Å². The molecule has 0 N–H and O–H groups in total. The topological polar surface area (TPSA) is 59.1 Å². The summed E-state index contributed by atoms with van der Waals surface area (Å²) in [5.41, 5.74) is 1.07. The summed E-state index contributed by atoms with van der Waals surface area (Å²) < 4.78 is 25.1. The minimum atomic E-state index is -0.340. The van der Waals surface area contributed by atoms with E-state index in [9.17, 15) is 14.0 Å². The predicted molar refractivity (Wildman–Crippen MR) is 118 cm³/mol. The summed E-state index contributed by atoms with van der Waals surface area (Å²) in [6.45, 7) is 4.20. The first-order valence-corrected chi connectivity index (χ1v) is 11.2. The molecule has 2 aromatic carbocycles. The van der Waals surface area contributed by atoms with Crippen LogP contribution in [0.4, 0.5) is 4.39 Å². The highest BCUT2D eigenvalue weighted by Gasteiger charge is 2.25. The lowest BCUT2D eigenvalue weighted by Crippen LogP contribution is -2.42. The SMILES string of the molecule is O=C(Cc1ccccc1F)N1CCC[C@@H](COc2ccc(C(=O)N3CCOCC3)cc2)C1. The Kier molecular flexibility index (Phi) is 7.37. The van der Waals surface area contributed by atoms with Gasteiger partial charge in [0.05, 0.1) is 26.2 Å². The lowest BCUT2D eigenvalue weighted by atomic mass is 9.98. The second-order valence-electron chi connectivity index (χ2n) is 8.36. The first-order chi connectivity index (χ1) is 15.6. The summed E-state index contributed by atoms with van der Waals surface area (Å²) in [4.78, 5) is 28.8. The molecule has 0 aliphatic carbocycles. The van der Waals surface area contributed by atoms with Gasteiger partial charge >= 0.3 is 0 Å². The third kappa shape index (κ3) is 5.65. The number of rotatable bonds is 6. The van der Waals surface area contributed by atoms with Crippen molar-refractivity contribution in [1.29, 1.82) is 0 Å². The molecule has 0 unspecified atom stereocenters. The molecule has 1 atom stereocenters. The van der Waals surface area contributed by atoms with E-state index in [-0.39, 0.29) is 30.0 Å². The van der Waals surface area contributed by atoms with Gasteiger partial charge in [-0.1, -0.05) is 18.2 Å². The summed E-state index contributed by atoms with van der Waals surface area (Å²) in [6.07, 6.45) is 1.97. The second-order valence-corrected chi connectivity index (χ2v) is 8.36. The highest BCUT2D eigenvalue weighted by atomic mass is 19.1. The van der Waals surface area contributed by atoms with Crippen LogP contribution in [0.15, 0.2) is 48.5 Å². The number of likely N-dealkylation sites (tertiary alicyclic amines) is 1. The summed E-state index contributed by atoms with van der Waals surface area (Å²) in [5, 5.41) is 0. The van der Waals surface area contributed by atoms with Gasteiger partial charge in [-0.05, 0) is 48.7 Å². The Morgan fingerprint density at radius 2 is 1.75 bits per heavy atom. The molecule has 0 aromatic heterocycles. The summed E-state index contributed by atoms with van der Waals surface area (Å²) in [5.74, 6) is 0.552. The zero-order valence-electron chi connectivity index (χ0n) is 18.2. The second kappa shape index (κ2) is 10.6. The van der Waals surface area contributed by atoms with Gasteiger partial charge in [0, 0.05) is 37.7 Å². The van der Waals surface area contributed by atoms with E-state index in [0.29, 0.717) is 62.9 Å². The number of halogens is 1. The summed E-state index contributed by atoms with van der Waals surface area (Å²) >= 11 is 0. The van der Waals surface area contributed by atoms with Crippen molar-refractivity contribution in [3.63, 3.8) is 0 Å². The van der Waals surface area contributed by atoms with Crippen LogP contribution in [0.3, 0.4) is 0 Å². The minimum Gasteiger partial charge on any atom is -0.493 e. The maximum absolute atomic E-state index is 13.9. The van der Waals surface area contributed by atoms with E-state index in [0.717, 1.165) is 12.8 Å². The van der Waals surface area contributed by atoms with Gasteiger partial charge in [-0.3, -0.25) is 9.59 Å². The first kappa shape index (κ1) is 22.3. The fourth-order valence-corrected chi connectivity index (χ4v) is 4.20. The number of benzene rings is 2. The van der Waals surface area contributed by atoms with Gasteiger partial charge < -0.3 is 19.3 Å². The molecular formula is C25H29FN2O4. The van der Waals surface area contributed by atoms with Crippen LogP contribution in [0.2, 0.25) is 0 Å². The lowest BCUT2D eigenvalue weighted by molar-refractivity contribution is -0.132. The molecule has 2 amide bonds. The first-order valence-electron chi connectivity index (χ1n) is 11.2. The van der Waals surface area contributed by atoms with Crippen molar-refractivity contribution in [3.05, 3.63) is 65.5 Å². The summed E-state index contributed by atoms with van der Waals surface area (Å²) in [7, 11) is 0. The van der Waals surface area contributed by atoms with Crippen LogP contribution in [-0.2, 0) is 16.0 Å². The number of nitrogens with zero attached hydrogens (tertiary/aromatic N) is 2. The average molecular weight is 441 g/mol. The Balaban J connectivity index is 1.26. The van der Waals surface area contributed by atoms with Crippen molar-refractivity contribution >= 4 is 11.8 Å². The molecule has 2 heterocycles. The molecule has 170 valence electrons. The molecule has 6 nitrogen and oxygen atoms in total. The van der Waals surface area contributed by atoms with Gasteiger partial charge in [0.1, 0.15) is 11.6 Å². The normalized spacial score (nSPS) is 19.0. The lowest BCUT2D eigenvalue weighted by Gasteiger charge is -2.32. The maximum atomic E-state index is 13.9. The van der Waals surface area contributed by atoms with Crippen molar-refractivity contribution in [3.8, 4) is 5.75 Å². The van der Waals surface area contributed by atoms with Gasteiger partial charge in [-0.15, -0.1) is 0 Å². The fourth-order valence-electron chi connectivity index (χ4n) is 4.20. The molecule has 0 radical (unpaired) electrons. The van der Waals surface area contributed by atoms with E-state index in [1.54, 1.807) is 35.2 Å². The van der Waals surface area contributed by atoms with Crippen LogP contribution < -0.4 is 4.74 Å². The molecule has 32 heavy (non-hydrogen) atoms. The smallest absolute Gasteiger partial charge is 0.254 e. The standard InChI is InChI=1S/C25H29FN2O4/c26-23-6-2-1-5-21(23)16-24(29)28-11-3-4-19(17-28)18-32-22-9-7-20(8-10-22)25(30)27-12-14-31-15-13-27/h1-2,5-10,19H,3-4,11-18H2/t19-/m1/s1. The maximum Gasteiger partial charge on any atom is 0.254 e. The molecule has 0 saturated carbocycles. The van der Waals surface area contributed by atoms with Crippen molar-refractivity contribution in [1.82, 2.24) is 9.80 Å². The quantitative estimate of drug-likeness (QED) is 0.693. The zero-order chi connectivity index (χ0) is 22.3. The van der Waals surface area contributed by atoms with E-state index < -0.39 is 0 Å². The molecule has 2 saturated heterocycles. The van der Waals surface area contributed by atoms with Gasteiger partial charge in [0.15, 0.2) is 0 Å². The van der Waals surface area contributed by atoms with Crippen molar-refractivity contribution < 1.29 is 23.5 Å².